The Hall–Kier alpha value is -1.02. The summed E-state index contributed by atoms with van der Waals surface area (Å²) >= 11 is 0. The molecule has 0 N–H and O–H groups in total. The molecule has 2 nitrogen and oxygen atoms in total. The maximum atomic E-state index is 7.32. The van der Waals surface area contributed by atoms with Crippen molar-refractivity contribution in [3.8, 4) is 5.75 Å². The van der Waals surface area contributed by atoms with Gasteiger partial charge in [-0.25, -0.2) is 0 Å². The van der Waals surface area contributed by atoms with E-state index in [1.165, 1.54) is 82.6 Å². The maximum Gasteiger partial charge on any atom is 0.205 e. The summed E-state index contributed by atoms with van der Waals surface area (Å²) in [5.41, 5.74) is 2.24. The van der Waals surface area contributed by atoms with Crippen molar-refractivity contribution < 1.29 is 9.47 Å². The fraction of sp³-hybridized carbons (Fsp3) is 0.838. The van der Waals surface area contributed by atoms with Gasteiger partial charge in [-0.05, 0) is 146 Å². The van der Waals surface area contributed by atoms with Crippen LogP contribution in [0, 0.1) is 57.7 Å². The van der Waals surface area contributed by atoms with Gasteiger partial charge >= 0.3 is 0 Å². The summed E-state index contributed by atoms with van der Waals surface area (Å²) in [4.78, 5) is 0. The molecule has 216 valence electrons. The van der Waals surface area contributed by atoms with Crippen molar-refractivity contribution in [1.82, 2.24) is 0 Å². The molecule has 0 heterocycles. The Kier molecular flexibility index (Phi) is 6.54. The normalized spacial score (nSPS) is 42.1. The van der Waals surface area contributed by atoms with E-state index < -0.39 is 0 Å². The maximum absolute atomic E-state index is 7.32. The lowest BCUT2D eigenvalue weighted by atomic mass is 9.49. The van der Waals surface area contributed by atoms with Crippen molar-refractivity contribution in [3.05, 3.63) is 29.8 Å². The minimum atomic E-state index is -0.0612. The van der Waals surface area contributed by atoms with Gasteiger partial charge in [0.2, 0.25) is 6.29 Å². The second-order valence-electron chi connectivity index (χ2n) is 17.8. The highest BCUT2D eigenvalue weighted by Crippen LogP contribution is 2.64. The van der Waals surface area contributed by atoms with E-state index in [4.69, 9.17) is 9.47 Å². The van der Waals surface area contributed by atoms with Gasteiger partial charge < -0.3 is 9.47 Å². The molecule has 0 aromatic heterocycles. The molecule has 8 rings (SSSR count). The summed E-state index contributed by atoms with van der Waals surface area (Å²) in [5, 5.41) is 0. The van der Waals surface area contributed by atoms with Crippen LogP contribution in [0.4, 0.5) is 0 Å². The molecule has 7 atom stereocenters. The first-order valence-electron chi connectivity index (χ1n) is 16.9. The van der Waals surface area contributed by atoms with Crippen molar-refractivity contribution in [2.75, 3.05) is 0 Å². The third-order valence-corrected chi connectivity index (χ3v) is 12.6. The van der Waals surface area contributed by atoms with Gasteiger partial charge in [-0.3, -0.25) is 0 Å². The van der Waals surface area contributed by atoms with Crippen LogP contribution in [0.1, 0.15) is 130 Å². The minimum absolute atomic E-state index is 0.0612. The van der Waals surface area contributed by atoms with E-state index >= 15 is 0 Å². The molecule has 7 unspecified atom stereocenters. The van der Waals surface area contributed by atoms with Crippen LogP contribution in [0.3, 0.4) is 0 Å². The first-order valence-corrected chi connectivity index (χ1v) is 16.9. The van der Waals surface area contributed by atoms with E-state index in [2.05, 4.69) is 65.8 Å². The van der Waals surface area contributed by atoms with Crippen LogP contribution in [0.5, 0.6) is 5.75 Å². The predicted octanol–water partition coefficient (Wildman–Crippen LogP) is 10.0. The van der Waals surface area contributed by atoms with Crippen LogP contribution in [0.25, 0.3) is 0 Å². The SMILES string of the molecule is CC(C)(C)CC(c1ccc(OC(OC2CC3CC2C2CCCC32)C23CC4CC(CC(C4)C2)C3)cc1)C(C)(C)C. The van der Waals surface area contributed by atoms with Crippen LogP contribution < -0.4 is 4.74 Å². The zero-order chi connectivity index (χ0) is 27.2. The average Bonchev–Trinajstić information content (AvgIpc) is 3.55. The van der Waals surface area contributed by atoms with E-state index in [-0.39, 0.29) is 17.1 Å². The van der Waals surface area contributed by atoms with Crippen LogP contribution in [0.2, 0.25) is 0 Å². The average molecular weight is 533 g/mol. The van der Waals surface area contributed by atoms with E-state index in [0.717, 1.165) is 47.2 Å². The molecule has 7 fully saturated rings. The molecule has 0 radical (unpaired) electrons. The summed E-state index contributed by atoms with van der Waals surface area (Å²) < 4.78 is 14.4. The van der Waals surface area contributed by atoms with E-state index in [1.807, 2.05) is 0 Å². The van der Waals surface area contributed by atoms with E-state index in [9.17, 15) is 0 Å². The largest absolute Gasteiger partial charge is 0.464 e. The first-order chi connectivity index (χ1) is 18.5. The van der Waals surface area contributed by atoms with Gasteiger partial charge in [-0.15, -0.1) is 0 Å². The number of hydrogen-bond acceptors (Lipinski definition) is 2. The van der Waals surface area contributed by atoms with Crippen molar-refractivity contribution >= 4 is 0 Å². The lowest BCUT2D eigenvalue weighted by molar-refractivity contribution is -0.241. The molecule has 7 aliphatic rings. The zero-order valence-corrected chi connectivity index (χ0v) is 25.9. The first kappa shape index (κ1) is 26.9. The Morgan fingerprint density at radius 1 is 0.769 bits per heavy atom. The Morgan fingerprint density at radius 3 is 1.97 bits per heavy atom. The highest BCUT2D eigenvalue weighted by Gasteiger charge is 2.59. The molecule has 7 aliphatic carbocycles. The summed E-state index contributed by atoms with van der Waals surface area (Å²) in [6.07, 6.45) is 17.2. The Balaban J connectivity index is 1.14. The third kappa shape index (κ3) is 5.02. The topological polar surface area (TPSA) is 18.5 Å². The highest BCUT2D eigenvalue weighted by atomic mass is 16.7. The standard InChI is InChI=1S/C37H56O2/c1-35(2,3)22-32(36(4,5)6)26-10-12-28(13-11-26)38-34(37-19-23-14-24(20-37)16-25(15-23)21-37)39-33-18-27-17-31(33)30-9-7-8-29(27)30/h10-13,23-25,27,29-34H,7-9,14-22H2,1-6H3. The smallest absolute Gasteiger partial charge is 0.205 e. The fourth-order valence-electron chi connectivity index (χ4n) is 11.5. The van der Waals surface area contributed by atoms with Gasteiger partial charge in [-0.1, -0.05) is 60.1 Å². The summed E-state index contributed by atoms with van der Waals surface area (Å²) in [7, 11) is 0. The summed E-state index contributed by atoms with van der Waals surface area (Å²) in [6.45, 7) is 14.3. The number of rotatable bonds is 7. The molecule has 7 saturated carbocycles. The summed E-state index contributed by atoms with van der Waals surface area (Å²) in [5.74, 6) is 8.01. The Morgan fingerprint density at radius 2 is 1.38 bits per heavy atom. The van der Waals surface area contributed by atoms with Crippen LogP contribution in [0.15, 0.2) is 24.3 Å². The molecule has 39 heavy (non-hydrogen) atoms. The van der Waals surface area contributed by atoms with Gasteiger partial charge in [0.15, 0.2) is 0 Å². The number of fused-ring (bicyclic) bond motifs is 5. The van der Waals surface area contributed by atoms with Gasteiger partial charge in [0, 0.05) is 5.41 Å². The molecule has 1 aromatic carbocycles. The Bertz CT molecular complexity index is 990. The van der Waals surface area contributed by atoms with Crippen LogP contribution >= 0.6 is 0 Å². The van der Waals surface area contributed by atoms with Gasteiger partial charge in [0.1, 0.15) is 5.75 Å². The summed E-state index contributed by atoms with van der Waals surface area (Å²) in [6, 6.07) is 9.30. The van der Waals surface area contributed by atoms with Crippen molar-refractivity contribution in [2.24, 2.45) is 57.7 Å². The quantitative estimate of drug-likeness (QED) is 0.325. The van der Waals surface area contributed by atoms with Gasteiger partial charge in [-0.2, -0.15) is 0 Å². The number of hydrogen-bond donors (Lipinski definition) is 0. The van der Waals surface area contributed by atoms with Gasteiger partial charge in [0.25, 0.3) is 0 Å². The fourth-order valence-corrected chi connectivity index (χ4v) is 11.5. The molecule has 6 bridgehead atoms. The van der Waals surface area contributed by atoms with Crippen molar-refractivity contribution in [3.63, 3.8) is 0 Å². The molecule has 0 saturated heterocycles. The second kappa shape index (κ2) is 9.50. The molecular weight excluding hydrogens is 476 g/mol. The zero-order valence-electron chi connectivity index (χ0n) is 25.9. The van der Waals surface area contributed by atoms with Crippen molar-refractivity contribution in [2.45, 2.75) is 137 Å². The lowest BCUT2D eigenvalue weighted by Gasteiger charge is -2.58. The van der Waals surface area contributed by atoms with Crippen molar-refractivity contribution in [1.29, 1.82) is 0 Å². The highest BCUT2D eigenvalue weighted by molar-refractivity contribution is 5.31. The molecular formula is C37H56O2. The Labute approximate surface area is 239 Å². The second-order valence-corrected chi connectivity index (χ2v) is 17.8. The van der Waals surface area contributed by atoms with Gasteiger partial charge in [0.05, 0.1) is 6.10 Å². The lowest BCUT2D eigenvalue weighted by Crippen LogP contribution is -2.55. The molecule has 2 heteroatoms. The van der Waals surface area contributed by atoms with Crippen LogP contribution in [-0.2, 0) is 4.74 Å². The molecule has 0 amide bonds. The van der Waals surface area contributed by atoms with Crippen LogP contribution in [-0.4, -0.2) is 12.4 Å². The van der Waals surface area contributed by atoms with E-state index in [1.54, 1.807) is 0 Å². The van der Waals surface area contributed by atoms with E-state index in [0.29, 0.717) is 17.4 Å². The number of benzene rings is 1. The molecule has 0 spiro atoms. The third-order valence-electron chi connectivity index (χ3n) is 12.6. The number of ether oxygens (including phenoxy) is 2. The predicted molar refractivity (Wildman–Crippen MR) is 160 cm³/mol. The molecule has 0 aliphatic heterocycles. The minimum Gasteiger partial charge on any atom is -0.464 e. The monoisotopic (exact) mass is 532 g/mol. The molecule has 1 aromatic rings.